The Balaban J connectivity index is 2.31. The van der Waals surface area contributed by atoms with Crippen molar-refractivity contribution in [3.05, 3.63) is 53.3 Å². The van der Waals surface area contributed by atoms with Gasteiger partial charge in [0.2, 0.25) is 0 Å². The molecule has 0 bridgehead atoms. The van der Waals surface area contributed by atoms with Crippen molar-refractivity contribution in [1.82, 2.24) is 0 Å². The van der Waals surface area contributed by atoms with Crippen molar-refractivity contribution in [2.24, 2.45) is 0 Å². The number of rotatable bonds is 3. The summed E-state index contributed by atoms with van der Waals surface area (Å²) >= 11 is 0. The molecule has 1 N–H and O–H groups in total. The van der Waals surface area contributed by atoms with E-state index in [4.69, 9.17) is 9.47 Å². The monoisotopic (exact) mass is 286 g/mol. The molecule has 0 unspecified atom stereocenters. The lowest BCUT2D eigenvalue weighted by Gasteiger charge is -2.08. The van der Waals surface area contributed by atoms with Gasteiger partial charge in [-0.1, -0.05) is 11.8 Å². The van der Waals surface area contributed by atoms with Crippen LogP contribution in [-0.2, 0) is 0 Å². The van der Waals surface area contributed by atoms with Gasteiger partial charge in [-0.25, -0.2) is 4.39 Å². The van der Waals surface area contributed by atoms with Gasteiger partial charge in [0.1, 0.15) is 11.6 Å². The molecule has 0 aliphatic carbocycles. The molecule has 2 aromatic rings. The maximum atomic E-state index is 12.9. The molecule has 3 nitrogen and oxygen atoms in total. The Morgan fingerprint density at radius 1 is 1.10 bits per heavy atom. The molecule has 0 heterocycles. The molecule has 2 aromatic carbocycles. The number of phenols is 1. The summed E-state index contributed by atoms with van der Waals surface area (Å²) in [4.78, 5) is 0. The van der Waals surface area contributed by atoms with E-state index in [0.29, 0.717) is 29.2 Å². The smallest absolute Gasteiger partial charge is 0.162 e. The quantitative estimate of drug-likeness (QED) is 0.880. The second kappa shape index (κ2) is 6.67. The lowest BCUT2D eigenvalue weighted by atomic mass is 10.1. The maximum Gasteiger partial charge on any atom is 0.162 e. The highest BCUT2D eigenvalue weighted by molar-refractivity contribution is 5.52. The largest absolute Gasteiger partial charge is 0.507 e. The number of aromatic hydroxyl groups is 1. The van der Waals surface area contributed by atoms with Gasteiger partial charge in [-0.2, -0.15) is 0 Å². The van der Waals surface area contributed by atoms with Gasteiger partial charge in [-0.3, -0.25) is 0 Å². The summed E-state index contributed by atoms with van der Waals surface area (Å²) in [5.41, 5.74) is 1.08. The number of benzene rings is 2. The molecule has 108 valence electrons. The van der Waals surface area contributed by atoms with E-state index in [0.717, 1.165) is 6.07 Å². The molecule has 0 aliphatic rings. The fraction of sp³-hybridized carbons (Fsp3) is 0.176. The maximum absolute atomic E-state index is 12.9. The van der Waals surface area contributed by atoms with E-state index in [1.54, 1.807) is 25.3 Å². The molecule has 0 aliphatic heterocycles. The molecular formula is C17H15FO3. The Kier molecular flexibility index (Phi) is 4.68. The first-order chi connectivity index (χ1) is 10.1. The van der Waals surface area contributed by atoms with Crippen molar-refractivity contribution in [2.45, 2.75) is 6.92 Å². The lowest BCUT2D eigenvalue weighted by Crippen LogP contribution is -1.95. The van der Waals surface area contributed by atoms with Crippen LogP contribution in [0.25, 0.3) is 0 Å². The molecule has 0 radical (unpaired) electrons. The van der Waals surface area contributed by atoms with Gasteiger partial charge in [-0.15, -0.1) is 0 Å². The van der Waals surface area contributed by atoms with Crippen molar-refractivity contribution in [3.63, 3.8) is 0 Å². The Morgan fingerprint density at radius 3 is 2.57 bits per heavy atom. The zero-order valence-corrected chi connectivity index (χ0v) is 11.8. The highest BCUT2D eigenvalue weighted by atomic mass is 19.1. The molecule has 0 aromatic heterocycles. The minimum absolute atomic E-state index is 0.180. The fourth-order valence-corrected chi connectivity index (χ4v) is 1.77. The van der Waals surface area contributed by atoms with Crippen LogP contribution in [0.4, 0.5) is 4.39 Å². The highest BCUT2D eigenvalue weighted by Crippen LogP contribution is 2.27. The van der Waals surface area contributed by atoms with E-state index in [1.165, 1.54) is 12.1 Å². The molecule has 0 amide bonds. The molecule has 4 heteroatoms. The minimum atomic E-state index is -0.499. The molecule has 0 saturated carbocycles. The van der Waals surface area contributed by atoms with Crippen LogP contribution in [0, 0.1) is 17.7 Å². The summed E-state index contributed by atoms with van der Waals surface area (Å²) in [7, 11) is 1.57. The molecular weight excluding hydrogens is 271 g/mol. The van der Waals surface area contributed by atoms with E-state index in [1.807, 2.05) is 6.92 Å². The van der Waals surface area contributed by atoms with Gasteiger partial charge in [0.15, 0.2) is 11.5 Å². The standard InChI is InChI=1S/C17H15FO3/c1-3-21-17-10-12(5-9-16(17)20-2)4-6-13-7-8-14(18)11-15(13)19/h5,7-11,19H,3H2,1-2H3. The number of ether oxygens (including phenoxy) is 2. The molecule has 0 saturated heterocycles. The van der Waals surface area contributed by atoms with Gasteiger partial charge in [0.05, 0.1) is 19.3 Å². The van der Waals surface area contributed by atoms with Crippen LogP contribution in [0.3, 0.4) is 0 Å². The summed E-state index contributed by atoms with van der Waals surface area (Å²) in [5, 5.41) is 9.60. The molecule has 0 spiro atoms. The Morgan fingerprint density at radius 2 is 1.90 bits per heavy atom. The average Bonchev–Trinajstić information content (AvgIpc) is 2.47. The van der Waals surface area contributed by atoms with Crippen LogP contribution in [-0.4, -0.2) is 18.8 Å². The normalized spacial score (nSPS) is 9.67. The van der Waals surface area contributed by atoms with E-state index < -0.39 is 5.82 Å². The number of hydrogen-bond acceptors (Lipinski definition) is 3. The number of methoxy groups -OCH3 is 1. The number of phenolic OH excluding ortho intramolecular Hbond substituents is 1. The van der Waals surface area contributed by atoms with Crippen molar-refractivity contribution >= 4 is 0 Å². The van der Waals surface area contributed by atoms with E-state index in [-0.39, 0.29) is 5.75 Å². The fourth-order valence-electron chi connectivity index (χ4n) is 1.77. The summed E-state index contributed by atoms with van der Waals surface area (Å²) in [5.74, 6) is 6.26. The first-order valence-electron chi connectivity index (χ1n) is 6.45. The van der Waals surface area contributed by atoms with Crippen molar-refractivity contribution in [2.75, 3.05) is 13.7 Å². The van der Waals surface area contributed by atoms with Crippen molar-refractivity contribution < 1.29 is 19.0 Å². The minimum Gasteiger partial charge on any atom is -0.507 e. The topological polar surface area (TPSA) is 38.7 Å². The first-order valence-corrected chi connectivity index (χ1v) is 6.45. The zero-order valence-electron chi connectivity index (χ0n) is 11.8. The van der Waals surface area contributed by atoms with Crippen LogP contribution in [0.1, 0.15) is 18.1 Å². The third-order valence-electron chi connectivity index (χ3n) is 2.76. The van der Waals surface area contributed by atoms with Crippen molar-refractivity contribution in [1.29, 1.82) is 0 Å². The van der Waals surface area contributed by atoms with Crippen molar-refractivity contribution in [3.8, 4) is 29.1 Å². The van der Waals surface area contributed by atoms with Crippen LogP contribution in [0.5, 0.6) is 17.2 Å². The molecule has 2 rings (SSSR count). The Hall–Kier alpha value is -2.67. The predicted molar refractivity (Wildman–Crippen MR) is 78.2 cm³/mol. The zero-order chi connectivity index (χ0) is 15.2. The van der Waals surface area contributed by atoms with Gasteiger partial charge in [0, 0.05) is 11.6 Å². The molecule has 0 fully saturated rings. The second-order valence-electron chi connectivity index (χ2n) is 4.21. The lowest BCUT2D eigenvalue weighted by molar-refractivity contribution is 0.311. The summed E-state index contributed by atoms with van der Waals surface area (Å²) in [6, 6.07) is 9.03. The van der Waals surface area contributed by atoms with Gasteiger partial charge >= 0.3 is 0 Å². The average molecular weight is 286 g/mol. The van der Waals surface area contributed by atoms with E-state index in [2.05, 4.69) is 11.8 Å². The van der Waals surface area contributed by atoms with Crippen LogP contribution < -0.4 is 9.47 Å². The highest BCUT2D eigenvalue weighted by Gasteiger charge is 2.04. The SMILES string of the molecule is CCOc1cc(C#Cc2ccc(F)cc2O)ccc1OC. The van der Waals surface area contributed by atoms with Crippen LogP contribution in [0.2, 0.25) is 0 Å². The second-order valence-corrected chi connectivity index (χ2v) is 4.21. The van der Waals surface area contributed by atoms with Gasteiger partial charge in [-0.05, 0) is 37.3 Å². The molecule has 21 heavy (non-hydrogen) atoms. The van der Waals surface area contributed by atoms with E-state index in [9.17, 15) is 9.50 Å². The summed E-state index contributed by atoms with van der Waals surface area (Å²) < 4.78 is 23.6. The van der Waals surface area contributed by atoms with Gasteiger partial charge in [0.25, 0.3) is 0 Å². The van der Waals surface area contributed by atoms with Crippen LogP contribution in [0.15, 0.2) is 36.4 Å². The van der Waals surface area contributed by atoms with Gasteiger partial charge < -0.3 is 14.6 Å². The number of hydrogen-bond donors (Lipinski definition) is 1. The third kappa shape index (κ3) is 3.67. The summed E-state index contributed by atoms with van der Waals surface area (Å²) in [6.45, 7) is 2.40. The first kappa shape index (κ1) is 14.7. The van der Waals surface area contributed by atoms with E-state index >= 15 is 0 Å². The Bertz CT molecular complexity index is 699. The predicted octanol–water partition coefficient (Wildman–Crippen LogP) is 3.34. The summed E-state index contributed by atoms with van der Waals surface area (Å²) in [6.07, 6.45) is 0. The number of halogens is 1. The molecule has 0 atom stereocenters. The third-order valence-corrected chi connectivity index (χ3v) is 2.76. The van der Waals surface area contributed by atoms with Crippen LogP contribution >= 0.6 is 0 Å². The Labute approximate surface area is 122 Å².